The molecule has 2 saturated heterocycles. The Hall–Kier alpha value is -4.81. The predicted octanol–water partition coefficient (Wildman–Crippen LogP) is 2.66. The first-order valence-electron chi connectivity index (χ1n) is 19.9. The third kappa shape index (κ3) is 10.5. The number of nitrogens with one attached hydrogen (secondary N) is 1. The van der Waals surface area contributed by atoms with E-state index in [1.807, 2.05) is 60.7 Å². The van der Waals surface area contributed by atoms with Crippen molar-refractivity contribution in [3.05, 3.63) is 125 Å². The molecule has 0 unspecified atom stereocenters. The monoisotopic (exact) mass is 831 g/mol. The highest BCUT2D eigenvalue weighted by Gasteiger charge is 2.55. The fraction of sp³-hybridized carbons (Fsp3) is 0.444. The lowest BCUT2D eigenvalue weighted by atomic mass is 9.91. The maximum Gasteiger partial charge on any atom is 0.339 e. The summed E-state index contributed by atoms with van der Waals surface area (Å²) in [5, 5.41) is 52.9. The van der Waals surface area contributed by atoms with E-state index in [1.165, 1.54) is 0 Å². The molecule has 60 heavy (non-hydrogen) atoms. The number of rotatable bonds is 15. The Bertz CT molecular complexity index is 1940. The van der Waals surface area contributed by atoms with Gasteiger partial charge in [0.05, 0.1) is 31.4 Å². The standard InChI is InChI=1S/C45H53NO14/c1-44(2,3)59-36(49)21-20-31(25-47)46-41(53)28-23-33(40-34(24-28)58-45(60-40,29-15-6-4-7-16-29)30-17-8-5-9-18-30)56-42(54)32-19-11-10-13-27(32)14-12-22-55-43-39(52)38(51)37(50)35(26-48)57-43/h4-19,24,31,33-35,37-40,43,47-48,50-52H,20-23,25-26H2,1-3H3,(H,46,53)/t31-,33+,34+,35+,37-,38-,39+,40-,43-/m0/s1. The van der Waals surface area contributed by atoms with Crippen molar-refractivity contribution in [3.63, 3.8) is 0 Å². The second-order valence-electron chi connectivity index (χ2n) is 15.9. The van der Waals surface area contributed by atoms with E-state index in [0.717, 1.165) is 0 Å². The zero-order chi connectivity index (χ0) is 43.0. The number of amides is 1. The second-order valence-corrected chi connectivity index (χ2v) is 15.9. The minimum atomic E-state index is -1.60. The van der Waals surface area contributed by atoms with Gasteiger partial charge in [-0.2, -0.15) is 0 Å². The second kappa shape index (κ2) is 19.7. The van der Waals surface area contributed by atoms with Gasteiger partial charge in [0.2, 0.25) is 11.7 Å². The first kappa shape index (κ1) is 44.7. The van der Waals surface area contributed by atoms with Crippen LogP contribution in [0.15, 0.2) is 103 Å². The van der Waals surface area contributed by atoms with Crippen LogP contribution in [-0.2, 0) is 43.8 Å². The van der Waals surface area contributed by atoms with Crippen LogP contribution < -0.4 is 5.32 Å². The van der Waals surface area contributed by atoms with Crippen molar-refractivity contribution in [2.45, 2.75) is 106 Å². The quantitative estimate of drug-likeness (QED) is 0.121. The summed E-state index contributed by atoms with van der Waals surface area (Å²) in [4.78, 5) is 40.4. The normalized spacial score (nSPS) is 26.8. The topological polar surface area (TPSA) is 220 Å². The molecule has 1 amide bonds. The van der Waals surface area contributed by atoms with Crippen molar-refractivity contribution < 1.29 is 68.3 Å². The summed E-state index contributed by atoms with van der Waals surface area (Å²) < 4.78 is 36.2. The number of aliphatic hydroxyl groups excluding tert-OH is 5. The Kier molecular flexibility index (Phi) is 14.7. The minimum absolute atomic E-state index is 0.0336. The van der Waals surface area contributed by atoms with Crippen molar-refractivity contribution in [1.82, 2.24) is 5.32 Å². The van der Waals surface area contributed by atoms with Gasteiger partial charge in [0.1, 0.15) is 48.3 Å². The highest BCUT2D eigenvalue weighted by Crippen LogP contribution is 2.47. The van der Waals surface area contributed by atoms with Crippen molar-refractivity contribution in [2.24, 2.45) is 0 Å². The SMILES string of the molecule is CC(C)(C)OC(=O)CC[C@@H](CO)NC(=O)C1=C[C@H]2OC(c3ccccc3)(c3ccccc3)O[C@H]2[C@H](OC(=O)c2ccccc2C=CCO[C@H]2O[C@H](CO)[C@H](O)[C@H](O)[C@H]2O)C1. The summed E-state index contributed by atoms with van der Waals surface area (Å²) in [5.41, 5.74) is 1.52. The molecule has 0 saturated carbocycles. The van der Waals surface area contributed by atoms with Crippen LogP contribution in [0.25, 0.3) is 6.08 Å². The molecule has 0 bridgehead atoms. The molecule has 9 atom stereocenters. The fourth-order valence-corrected chi connectivity index (χ4v) is 7.32. The third-order valence-electron chi connectivity index (χ3n) is 10.3. The largest absolute Gasteiger partial charge is 0.460 e. The maximum atomic E-state index is 14.1. The van der Waals surface area contributed by atoms with Crippen molar-refractivity contribution in [1.29, 1.82) is 0 Å². The molecule has 2 aliphatic heterocycles. The van der Waals surface area contributed by atoms with E-state index in [2.05, 4.69) is 5.32 Å². The smallest absolute Gasteiger partial charge is 0.339 e. The van der Waals surface area contributed by atoms with Gasteiger partial charge >= 0.3 is 11.9 Å². The number of fused-ring (bicyclic) bond motifs is 1. The van der Waals surface area contributed by atoms with Crippen LogP contribution in [-0.4, -0.2) is 124 Å². The molecule has 15 heteroatoms. The van der Waals surface area contributed by atoms with Crippen molar-refractivity contribution in [3.8, 4) is 0 Å². The van der Waals surface area contributed by atoms with E-state index in [9.17, 15) is 39.9 Å². The summed E-state index contributed by atoms with van der Waals surface area (Å²) in [7, 11) is 0. The molecule has 1 aliphatic carbocycles. The number of ether oxygens (including phenoxy) is 6. The molecule has 3 aromatic rings. The van der Waals surface area contributed by atoms with E-state index in [0.29, 0.717) is 16.7 Å². The molecular formula is C45H53NO14. The van der Waals surface area contributed by atoms with Crippen LogP contribution in [0.2, 0.25) is 0 Å². The van der Waals surface area contributed by atoms with Gasteiger partial charge in [-0.15, -0.1) is 0 Å². The zero-order valence-electron chi connectivity index (χ0n) is 33.7. The predicted molar refractivity (Wildman–Crippen MR) is 215 cm³/mol. The zero-order valence-corrected chi connectivity index (χ0v) is 33.7. The number of benzene rings is 3. The van der Waals surface area contributed by atoms with Crippen LogP contribution >= 0.6 is 0 Å². The molecule has 6 N–H and O–H groups in total. The average Bonchev–Trinajstić information content (AvgIpc) is 3.65. The summed E-state index contributed by atoms with van der Waals surface area (Å²) in [5.74, 6) is -3.16. The molecule has 2 fully saturated rings. The maximum absolute atomic E-state index is 14.1. The Morgan fingerprint density at radius 3 is 2.17 bits per heavy atom. The van der Waals surface area contributed by atoms with Crippen molar-refractivity contribution in [2.75, 3.05) is 19.8 Å². The number of aliphatic hydroxyl groups is 5. The summed E-state index contributed by atoms with van der Waals surface area (Å²) >= 11 is 0. The molecule has 0 radical (unpaired) electrons. The molecular weight excluding hydrogens is 778 g/mol. The van der Waals surface area contributed by atoms with Gasteiger partial charge in [0, 0.05) is 29.5 Å². The first-order valence-corrected chi connectivity index (χ1v) is 19.9. The van der Waals surface area contributed by atoms with E-state index in [1.54, 1.807) is 63.3 Å². The number of esters is 2. The highest BCUT2D eigenvalue weighted by molar-refractivity contribution is 5.95. The lowest BCUT2D eigenvalue weighted by Crippen LogP contribution is -2.59. The first-order chi connectivity index (χ1) is 28.7. The van der Waals surface area contributed by atoms with Gasteiger partial charge in [-0.1, -0.05) is 91.0 Å². The van der Waals surface area contributed by atoms with Gasteiger partial charge in [0.15, 0.2) is 6.29 Å². The molecule has 3 aliphatic rings. The van der Waals surface area contributed by atoms with Crippen LogP contribution in [0.3, 0.4) is 0 Å². The summed E-state index contributed by atoms with van der Waals surface area (Å²) in [6, 6.07) is 24.5. The Morgan fingerprint density at radius 1 is 0.883 bits per heavy atom. The van der Waals surface area contributed by atoms with E-state index >= 15 is 0 Å². The number of hydrogen-bond donors (Lipinski definition) is 6. The van der Waals surface area contributed by atoms with Crippen LogP contribution in [0.5, 0.6) is 0 Å². The molecule has 15 nitrogen and oxygen atoms in total. The lowest BCUT2D eigenvalue weighted by molar-refractivity contribution is -0.298. The molecule has 6 rings (SSSR count). The molecule has 0 aromatic heterocycles. The number of hydrogen-bond acceptors (Lipinski definition) is 14. The van der Waals surface area contributed by atoms with Gasteiger partial charge in [-0.25, -0.2) is 4.79 Å². The summed E-state index contributed by atoms with van der Waals surface area (Å²) in [6.45, 7) is 4.08. The molecule has 0 spiro atoms. The Morgan fingerprint density at radius 2 is 1.53 bits per heavy atom. The third-order valence-corrected chi connectivity index (χ3v) is 10.3. The number of carbonyl (C=O) groups is 3. The lowest BCUT2D eigenvalue weighted by Gasteiger charge is -2.39. The van der Waals surface area contributed by atoms with E-state index in [4.69, 9.17) is 28.4 Å². The highest BCUT2D eigenvalue weighted by atomic mass is 16.8. The Balaban J connectivity index is 1.23. The van der Waals surface area contributed by atoms with Gasteiger partial charge in [-0.3, -0.25) is 9.59 Å². The molecule has 2 heterocycles. The van der Waals surface area contributed by atoms with Gasteiger partial charge in [0.25, 0.3) is 0 Å². The molecule has 3 aromatic carbocycles. The van der Waals surface area contributed by atoms with Crippen molar-refractivity contribution >= 4 is 23.9 Å². The summed E-state index contributed by atoms with van der Waals surface area (Å²) in [6.07, 6.45) is -5.14. The molecule has 322 valence electrons. The average molecular weight is 832 g/mol. The van der Waals surface area contributed by atoms with Crippen LogP contribution in [0.1, 0.15) is 67.1 Å². The van der Waals surface area contributed by atoms with Crippen LogP contribution in [0, 0.1) is 0 Å². The fourth-order valence-electron chi connectivity index (χ4n) is 7.32. The van der Waals surface area contributed by atoms with E-state index in [-0.39, 0.29) is 37.0 Å². The van der Waals surface area contributed by atoms with Gasteiger partial charge < -0.3 is 59.3 Å². The minimum Gasteiger partial charge on any atom is -0.460 e. The van der Waals surface area contributed by atoms with Crippen LogP contribution in [0.4, 0.5) is 0 Å². The van der Waals surface area contributed by atoms with Gasteiger partial charge in [-0.05, 0) is 44.9 Å². The number of carbonyl (C=O) groups excluding carboxylic acids is 3. The Labute approximate surface area is 348 Å². The van der Waals surface area contributed by atoms with E-state index < -0.39 is 97.5 Å².